The Kier molecular flexibility index (Phi) is 2.93. The van der Waals surface area contributed by atoms with Crippen LogP contribution in [0.2, 0.25) is 0 Å². The van der Waals surface area contributed by atoms with E-state index in [0.29, 0.717) is 6.42 Å². The van der Waals surface area contributed by atoms with Crippen molar-refractivity contribution in [3.05, 3.63) is 29.3 Å². The van der Waals surface area contributed by atoms with Gasteiger partial charge in [0.05, 0.1) is 5.75 Å². The van der Waals surface area contributed by atoms with E-state index in [1.807, 2.05) is 0 Å². The standard InChI is InChI=1S/C10H11NO4S/c12-10(13)9-4-7-3-6(5-16(14)15)1-2-8(7)11-9/h1-3,9,11H,4-5H2,(H,12,13)(H,14,15). The fourth-order valence-electron chi connectivity index (χ4n) is 1.80. The monoisotopic (exact) mass is 241 g/mol. The summed E-state index contributed by atoms with van der Waals surface area (Å²) in [5.41, 5.74) is 2.42. The zero-order valence-electron chi connectivity index (χ0n) is 8.34. The van der Waals surface area contributed by atoms with Gasteiger partial charge in [0.15, 0.2) is 11.1 Å². The van der Waals surface area contributed by atoms with E-state index in [2.05, 4.69) is 5.32 Å². The normalized spacial score (nSPS) is 19.9. The molecular formula is C10H11NO4S. The molecule has 3 N–H and O–H groups in total. The smallest absolute Gasteiger partial charge is 0.326 e. The number of benzene rings is 1. The molecule has 1 aromatic rings. The van der Waals surface area contributed by atoms with Crippen LogP contribution in [0.25, 0.3) is 0 Å². The van der Waals surface area contributed by atoms with Crippen LogP contribution in [0.5, 0.6) is 0 Å². The lowest BCUT2D eigenvalue weighted by molar-refractivity contribution is -0.137. The van der Waals surface area contributed by atoms with Crippen LogP contribution in [-0.4, -0.2) is 25.9 Å². The van der Waals surface area contributed by atoms with E-state index in [-0.39, 0.29) is 5.75 Å². The van der Waals surface area contributed by atoms with E-state index in [1.54, 1.807) is 18.2 Å². The van der Waals surface area contributed by atoms with Crippen molar-refractivity contribution in [3.8, 4) is 0 Å². The van der Waals surface area contributed by atoms with Crippen molar-refractivity contribution in [2.45, 2.75) is 18.2 Å². The molecule has 2 atom stereocenters. The highest BCUT2D eigenvalue weighted by atomic mass is 32.2. The zero-order chi connectivity index (χ0) is 11.7. The Labute approximate surface area is 94.8 Å². The number of carboxylic acid groups (broad SMARTS) is 1. The van der Waals surface area contributed by atoms with Gasteiger partial charge in [0.2, 0.25) is 0 Å². The lowest BCUT2D eigenvalue weighted by Gasteiger charge is -2.03. The maximum Gasteiger partial charge on any atom is 0.326 e. The molecule has 1 aliphatic rings. The molecular weight excluding hydrogens is 230 g/mol. The minimum atomic E-state index is -1.87. The highest BCUT2D eigenvalue weighted by Gasteiger charge is 2.26. The van der Waals surface area contributed by atoms with E-state index < -0.39 is 23.1 Å². The van der Waals surface area contributed by atoms with Gasteiger partial charge < -0.3 is 15.0 Å². The SMILES string of the molecule is O=C(O)C1Cc2cc(CS(=O)O)ccc2N1. The molecule has 0 saturated carbocycles. The molecule has 0 aliphatic carbocycles. The predicted molar refractivity (Wildman–Crippen MR) is 59.7 cm³/mol. The van der Waals surface area contributed by atoms with Crippen LogP contribution < -0.4 is 5.32 Å². The second-order valence-electron chi connectivity index (χ2n) is 3.70. The van der Waals surface area contributed by atoms with E-state index in [9.17, 15) is 9.00 Å². The maximum absolute atomic E-state index is 10.8. The Hall–Kier alpha value is -1.40. The second-order valence-corrected chi connectivity index (χ2v) is 4.63. The number of fused-ring (bicyclic) bond motifs is 1. The van der Waals surface area contributed by atoms with Crippen LogP contribution in [0.15, 0.2) is 18.2 Å². The first-order chi connectivity index (χ1) is 7.56. The van der Waals surface area contributed by atoms with Crippen LogP contribution in [0.1, 0.15) is 11.1 Å². The molecule has 0 amide bonds. The first-order valence-electron chi connectivity index (χ1n) is 4.75. The quantitative estimate of drug-likeness (QED) is 0.682. The number of carbonyl (C=O) groups is 1. The molecule has 0 saturated heterocycles. The number of nitrogens with one attached hydrogen (secondary N) is 1. The van der Waals surface area contributed by atoms with Gasteiger partial charge in [-0.1, -0.05) is 12.1 Å². The Morgan fingerprint density at radius 2 is 2.31 bits per heavy atom. The van der Waals surface area contributed by atoms with Gasteiger partial charge in [-0.3, -0.25) is 0 Å². The third-order valence-corrected chi connectivity index (χ3v) is 3.09. The maximum atomic E-state index is 10.8. The minimum absolute atomic E-state index is 0.0744. The topological polar surface area (TPSA) is 86.6 Å². The van der Waals surface area contributed by atoms with Gasteiger partial charge >= 0.3 is 5.97 Å². The molecule has 16 heavy (non-hydrogen) atoms. The summed E-state index contributed by atoms with van der Waals surface area (Å²) < 4.78 is 19.4. The van der Waals surface area contributed by atoms with E-state index in [1.165, 1.54) is 0 Å². The third kappa shape index (κ3) is 2.23. The molecule has 5 nitrogen and oxygen atoms in total. The number of hydrogen-bond donors (Lipinski definition) is 3. The van der Waals surface area contributed by atoms with Crippen LogP contribution in [-0.2, 0) is 28.0 Å². The van der Waals surface area contributed by atoms with Crippen molar-refractivity contribution < 1.29 is 18.7 Å². The van der Waals surface area contributed by atoms with Crippen LogP contribution in [0, 0.1) is 0 Å². The zero-order valence-corrected chi connectivity index (χ0v) is 9.16. The molecule has 6 heteroatoms. The molecule has 0 aromatic heterocycles. The fraction of sp³-hybridized carbons (Fsp3) is 0.300. The fourth-order valence-corrected chi connectivity index (χ4v) is 2.26. The van der Waals surface area contributed by atoms with Crippen molar-refractivity contribution >= 4 is 22.7 Å². The first-order valence-corrected chi connectivity index (χ1v) is 6.02. The van der Waals surface area contributed by atoms with Gasteiger partial charge in [-0.15, -0.1) is 0 Å². The molecule has 2 unspecified atom stereocenters. The van der Waals surface area contributed by atoms with Gasteiger partial charge in [0.25, 0.3) is 0 Å². The van der Waals surface area contributed by atoms with Gasteiger partial charge in [0, 0.05) is 12.1 Å². The van der Waals surface area contributed by atoms with Gasteiger partial charge in [-0.25, -0.2) is 9.00 Å². The summed E-state index contributed by atoms with van der Waals surface area (Å²) in [6, 6.07) is 4.66. The Balaban J connectivity index is 2.20. The average Bonchev–Trinajstić information content (AvgIpc) is 2.59. The molecule has 0 fully saturated rings. The molecule has 86 valence electrons. The summed E-state index contributed by atoms with van der Waals surface area (Å²) in [6.07, 6.45) is 0.413. The number of aliphatic carboxylic acids is 1. The Morgan fingerprint density at radius 3 is 2.94 bits per heavy atom. The van der Waals surface area contributed by atoms with E-state index in [0.717, 1.165) is 16.8 Å². The van der Waals surface area contributed by atoms with E-state index in [4.69, 9.17) is 9.66 Å². The summed E-state index contributed by atoms with van der Waals surface area (Å²) in [5, 5.41) is 11.7. The van der Waals surface area contributed by atoms with Gasteiger partial charge in [0.1, 0.15) is 6.04 Å². The molecule has 1 aliphatic heterocycles. The number of hydrogen-bond acceptors (Lipinski definition) is 3. The molecule has 2 rings (SSSR count). The summed E-state index contributed by atoms with van der Waals surface area (Å²) >= 11 is -1.87. The average molecular weight is 241 g/mol. The summed E-state index contributed by atoms with van der Waals surface area (Å²) in [7, 11) is 0. The molecule has 0 spiro atoms. The van der Waals surface area contributed by atoms with Crippen molar-refractivity contribution in [1.82, 2.24) is 0 Å². The van der Waals surface area contributed by atoms with Crippen LogP contribution in [0.4, 0.5) is 5.69 Å². The highest BCUT2D eigenvalue weighted by molar-refractivity contribution is 7.78. The molecule has 0 bridgehead atoms. The number of rotatable bonds is 3. The third-order valence-electron chi connectivity index (χ3n) is 2.51. The van der Waals surface area contributed by atoms with Crippen molar-refractivity contribution in [3.63, 3.8) is 0 Å². The lowest BCUT2D eigenvalue weighted by Crippen LogP contribution is -2.26. The van der Waals surface area contributed by atoms with Crippen molar-refractivity contribution in [2.75, 3.05) is 5.32 Å². The highest BCUT2D eigenvalue weighted by Crippen LogP contribution is 2.27. The summed E-state index contributed by atoms with van der Waals surface area (Å²) in [6.45, 7) is 0. The molecule has 0 radical (unpaired) electrons. The van der Waals surface area contributed by atoms with Gasteiger partial charge in [-0.05, 0) is 17.2 Å². The first kappa shape index (κ1) is 11.1. The van der Waals surface area contributed by atoms with E-state index >= 15 is 0 Å². The van der Waals surface area contributed by atoms with Gasteiger partial charge in [-0.2, -0.15) is 0 Å². The molecule has 1 aromatic carbocycles. The summed E-state index contributed by atoms with van der Waals surface area (Å²) in [5.74, 6) is -0.811. The largest absolute Gasteiger partial charge is 0.480 e. The molecule has 1 heterocycles. The summed E-state index contributed by atoms with van der Waals surface area (Å²) in [4.78, 5) is 10.8. The number of anilines is 1. The predicted octanol–water partition coefficient (Wildman–Crippen LogP) is 0.830. The van der Waals surface area contributed by atoms with Crippen molar-refractivity contribution in [1.29, 1.82) is 0 Å². The second kappa shape index (κ2) is 4.23. The van der Waals surface area contributed by atoms with Crippen molar-refractivity contribution in [2.24, 2.45) is 0 Å². The lowest BCUT2D eigenvalue weighted by atomic mass is 10.1. The van der Waals surface area contributed by atoms with Crippen LogP contribution >= 0.6 is 0 Å². The van der Waals surface area contributed by atoms with Crippen LogP contribution in [0.3, 0.4) is 0 Å². The minimum Gasteiger partial charge on any atom is -0.480 e. The Morgan fingerprint density at radius 1 is 1.56 bits per heavy atom. The number of carboxylic acids is 1. The Bertz CT molecular complexity index is 460.